The van der Waals surface area contributed by atoms with Crippen molar-refractivity contribution < 1.29 is 48.1 Å². The molecule has 0 bridgehead atoms. The Morgan fingerprint density at radius 3 is 2.53 bits per heavy atom. The molecule has 1 amide bonds. The van der Waals surface area contributed by atoms with Gasteiger partial charge in [-0.25, -0.2) is 28.1 Å². The third kappa shape index (κ3) is 4.51. The first kappa shape index (κ1) is 27.5. The van der Waals surface area contributed by atoms with Gasteiger partial charge in [0.1, 0.15) is 36.5 Å². The van der Waals surface area contributed by atoms with Crippen LogP contribution in [0.3, 0.4) is 0 Å². The van der Waals surface area contributed by atoms with Crippen LogP contribution in [0.5, 0.6) is 0 Å². The number of carbonyl (C=O) groups excluding carboxylic acids is 2. The molecular weight excluding hydrogens is 527 g/mol. The first-order chi connectivity index (χ1) is 17.9. The van der Waals surface area contributed by atoms with Crippen molar-refractivity contribution in [2.45, 2.75) is 36.2 Å². The van der Waals surface area contributed by atoms with Crippen LogP contribution in [-0.4, -0.2) is 97.0 Å². The third-order valence-corrected chi connectivity index (χ3v) is 7.83. The van der Waals surface area contributed by atoms with Gasteiger partial charge in [0.2, 0.25) is 5.91 Å². The van der Waals surface area contributed by atoms with Crippen molar-refractivity contribution in [1.29, 1.82) is 0 Å². The molecule has 202 valence electrons. The summed E-state index contributed by atoms with van der Waals surface area (Å²) in [5.41, 5.74) is 5.30. The zero-order chi connectivity index (χ0) is 27.8. The van der Waals surface area contributed by atoms with E-state index < -0.39 is 71.6 Å². The molecule has 38 heavy (non-hydrogen) atoms. The van der Waals surface area contributed by atoms with Gasteiger partial charge in [-0.1, -0.05) is 24.3 Å². The van der Waals surface area contributed by atoms with Crippen LogP contribution in [0.2, 0.25) is 0 Å². The summed E-state index contributed by atoms with van der Waals surface area (Å²) in [5.74, 6) is -1.99. The van der Waals surface area contributed by atoms with Gasteiger partial charge in [0, 0.05) is 18.4 Å². The van der Waals surface area contributed by atoms with Crippen LogP contribution < -0.4 is 15.9 Å². The number of sulfonamides is 1. The standard InChI is InChI=1S/C20H23BN6O10S/c22-18-15-19(24-8-23-18)27(9-25-15)20(17(32)16(31)13(7-28)37-20)38(35,36)26-14(30)6-5-12(29)10-3-1-2-4-11(10)21(33)34/h1-4,8-9,13,16-17,28,31-34H,5-7H2,(H,26,30)(H2,22,23,24)/t13-,16-,17-,20+/m1/s1. The fraction of sp³-hybridized carbons (Fsp3) is 0.350. The molecular formula is C20H23BN6O10S. The third-order valence-electron chi connectivity index (χ3n) is 6.03. The smallest absolute Gasteiger partial charge is 0.423 e. The van der Waals surface area contributed by atoms with E-state index in [0.29, 0.717) is 0 Å². The Labute approximate surface area is 214 Å². The predicted octanol–water partition coefficient (Wildman–Crippen LogP) is -4.08. The number of aromatic nitrogens is 4. The lowest BCUT2D eigenvalue weighted by Gasteiger charge is -2.32. The van der Waals surface area contributed by atoms with Crippen molar-refractivity contribution in [3.63, 3.8) is 0 Å². The van der Waals surface area contributed by atoms with Gasteiger partial charge in [-0.2, -0.15) is 0 Å². The fourth-order valence-electron chi connectivity index (χ4n) is 4.16. The number of rotatable bonds is 9. The Morgan fingerprint density at radius 2 is 1.87 bits per heavy atom. The maximum absolute atomic E-state index is 13.6. The van der Waals surface area contributed by atoms with Crippen molar-refractivity contribution >= 4 is 51.3 Å². The van der Waals surface area contributed by atoms with E-state index in [1.165, 1.54) is 24.3 Å². The first-order valence-electron chi connectivity index (χ1n) is 11.1. The van der Waals surface area contributed by atoms with Crippen molar-refractivity contribution in [1.82, 2.24) is 24.2 Å². The van der Waals surface area contributed by atoms with E-state index in [2.05, 4.69) is 15.0 Å². The molecule has 4 rings (SSSR count). The number of nitrogens with zero attached hydrogens (tertiary/aromatic N) is 4. The number of aliphatic hydroxyl groups excluding tert-OH is 3. The number of ether oxygens (including phenoxy) is 1. The van der Waals surface area contributed by atoms with Crippen LogP contribution >= 0.6 is 0 Å². The van der Waals surface area contributed by atoms with Crippen molar-refractivity contribution in [3.8, 4) is 0 Å². The minimum Gasteiger partial charge on any atom is -0.423 e. The highest BCUT2D eigenvalue weighted by molar-refractivity contribution is 7.90. The van der Waals surface area contributed by atoms with Gasteiger partial charge in [0.15, 0.2) is 17.2 Å². The molecule has 2 aromatic heterocycles. The number of hydrogen-bond donors (Lipinski definition) is 7. The molecule has 0 spiro atoms. The first-order valence-corrected chi connectivity index (χ1v) is 12.5. The number of nitrogen functional groups attached to an aromatic ring is 1. The highest BCUT2D eigenvalue weighted by Gasteiger charge is 2.65. The summed E-state index contributed by atoms with van der Waals surface area (Å²) in [6.07, 6.45) is -5.04. The minimum absolute atomic E-state index is 0.0681. The highest BCUT2D eigenvalue weighted by Crippen LogP contribution is 2.41. The average molecular weight is 550 g/mol. The summed E-state index contributed by atoms with van der Waals surface area (Å²) < 4.78 is 35.1. The van der Waals surface area contributed by atoms with E-state index in [1.54, 1.807) is 4.72 Å². The molecule has 0 saturated carbocycles. The number of benzene rings is 1. The normalized spacial score (nSPS) is 23.4. The van der Waals surface area contributed by atoms with E-state index in [-0.39, 0.29) is 28.0 Å². The summed E-state index contributed by atoms with van der Waals surface area (Å²) in [6.45, 7) is -0.891. The largest absolute Gasteiger partial charge is 0.489 e. The van der Waals surface area contributed by atoms with Gasteiger partial charge in [-0.3, -0.25) is 14.2 Å². The number of carbonyl (C=O) groups is 2. The van der Waals surface area contributed by atoms with Crippen LogP contribution in [-0.2, 0) is 24.6 Å². The molecule has 18 heteroatoms. The molecule has 1 saturated heterocycles. The zero-order valence-electron chi connectivity index (χ0n) is 19.4. The minimum atomic E-state index is -5.12. The monoisotopic (exact) mass is 550 g/mol. The number of amides is 1. The van der Waals surface area contributed by atoms with Gasteiger partial charge in [0.05, 0.1) is 6.61 Å². The summed E-state index contributed by atoms with van der Waals surface area (Å²) in [4.78, 5) is 36.9. The summed E-state index contributed by atoms with van der Waals surface area (Å²) in [6, 6.07) is 5.57. The maximum atomic E-state index is 13.6. The Morgan fingerprint density at radius 1 is 1.16 bits per heavy atom. The second-order valence-electron chi connectivity index (χ2n) is 8.36. The van der Waals surface area contributed by atoms with E-state index in [4.69, 9.17) is 10.5 Å². The second kappa shape index (κ2) is 10.3. The number of nitrogens with one attached hydrogen (secondary N) is 1. The molecule has 3 aromatic rings. The number of Topliss-reactive ketones (excluding diaryl/α,β-unsaturated/α-hetero) is 1. The van der Waals surface area contributed by atoms with Crippen LogP contribution in [0, 0.1) is 0 Å². The van der Waals surface area contributed by atoms with Crippen molar-refractivity contribution in [2.24, 2.45) is 0 Å². The number of hydrogen-bond acceptors (Lipinski definition) is 14. The quantitative estimate of drug-likeness (QED) is 0.0987. The molecule has 1 aromatic carbocycles. The number of nitrogens with two attached hydrogens (primary N) is 1. The molecule has 0 radical (unpaired) electrons. The molecule has 1 aliphatic rings. The molecule has 1 fully saturated rings. The highest BCUT2D eigenvalue weighted by atomic mass is 32.2. The lowest BCUT2D eigenvalue weighted by molar-refractivity contribution is -0.120. The van der Waals surface area contributed by atoms with Crippen LogP contribution in [0.1, 0.15) is 23.2 Å². The Balaban J connectivity index is 1.65. The summed E-state index contributed by atoms with van der Waals surface area (Å²) in [7, 11) is -7.07. The zero-order valence-corrected chi connectivity index (χ0v) is 20.3. The lowest BCUT2D eigenvalue weighted by atomic mass is 9.76. The Kier molecular flexibility index (Phi) is 7.48. The van der Waals surface area contributed by atoms with Crippen molar-refractivity contribution in [2.75, 3.05) is 12.3 Å². The summed E-state index contributed by atoms with van der Waals surface area (Å²) in [5, 5.41) is 46.8. The van der Waals surface area contributed by atoms with E-state index in [9.17, 15) is 43.4 Å². The number of aliphatic hydroxyl groups is 3. The maximum Gasteiger partial charge on any atom is 0.489 e. The molecule has 1 aliphatic heterocycles. The number of ketones is 1. The molecule has 0 aliphatic carbocycles. The van der Waals surface area contributed by atoms with E-state index in [1.807, 2.05) is 0 Å². The van der Waals surface area contributed by atoms with Crippen LogP contribution in [0.4, 0.5) is 5.82 Å². The SMILES string of the molecule is Nc1ncnc2c1ncn2[C@]1(S(=O)(=O)NC(=O)CCC(=O)c2ccccc2B(O)O)O[C@H](CO)[C@@H](O)[C@H]1O. The number of imidazole rings is 1. The van der Waals surface area contributed by atoms with Gasteiger partial charge in [-0.15, -0.1) is 0 Å². The predicted molar refractivity (Wildman–Crippen MR) is 129 cm³/mol. The molecule has 0 unspecified atom stereocenters. The average Bonchev–Trinajstić information content (AvgIpc) is 3.43. The van der Waals surface area contributed by atoms with E-state index in [0.717, 1.165) is 17.2 Å². The molecule has 3 heterocycles. The van der Waals surface area contributed by atoms with E-state index >= 15 is 0 Å². The van der Waals surface area contributed by atoms with Gasteiger partial charge in [-0.05, 0) is 5.46 Å². The number of anilines is 1. The topological polar surface area (TPSA) is 260 Å². The second-order valence-corrected chi connectivity index (χ2v) is 10.2. The lowest BCUT2D eigenvalue weighted by Crippen LogP contribution is -2.56. The molecule has 8 N–H and O–H groups in total. The van der Waals surface area contributed by atoms with Crippen LogP contribution in [0.15, 0.2) is 36.9 Å². The number of fused-ring (bicyclic) bond motifs is 1. The van der Waals surface area contributed by atoms with Crippen LogP contribution in [0.25, 0.3) is 11.2 Å². The fourth-order valence-corrected chi connectivity index (χ4v) is 5.81. The summed E-state index contributed by atoms with van der Waals surface area (Å²) >= 11 is 0. The molecule has 16 nitrogen and oxygen atoms in total. The Hall–Kier alpha value is -3.52. The Bertz CT molecular complexity index is 1480. The van der Waals surface area contributed by atoms with Gasteiger partial charge >= 0.3 is 12.2 Å². The van der Waals surface area contributed by atoms with Crippen molar-refractivity contribution in [3.05, 3.63) is 42.5 Å². The van der Waals surface area contributed by atoms with Gasteiger partial charge in [0.25, 0.3) is 10.0 Å². The van der Waals surface area contributed by atoms with Gasteiger partial charge < -0.3 is 35.8 Å². The molecule has 4 atom stereocenters.